The number of nitrogens with one attached hydrogen (secondary N) is 2. The van der Waals surface area contributed by atoms with Crippen LogP contribution in [0.1, 0.15) is 19.8 Å². The van der Waals surface area contributed by atoms with E-state index in [1.54, 1.807) is 6.92 Å². The van der Waals surface area contributed by atoms with Gasteiger partial charge < -0.3 is 0 Å². The van der Waals surface area contributed by atoms with E-state index in [4.69, 9.17) is 0 Å². The zero-order chi connectivity index (χ0) is 11.4. The molecule has 0 radical (unpaired) electrons. The Morgan fingerprint density at radius 2 is 2.38 bits per heavy atom. The Hall–Kier alpha value is -0.490. The van der Waals surface area contributed by atoms with Crippen LogP contribution in [0.4, 0.5) is 0 Å². The van der Waals surface area contributed by atoms with Gasteiger partial charge in [-0.1, -0.05) is 0 Å². The highest BCUT2D eigenvalue weighted by Crippen LogP contribution is 2.18. The normalized spacial score (nSPS) is 27.7. The Kier molecular flexibility index (Phi) is 4.29. The van der Waals surface area contributed by atoms with Crippen LogP contribution in [0.2, 0.25) is 0 Å². The molecule has 0 spiro atoms. The lowest BCUT2D eigenvalue weighted by Gasteiger charge is -2.24. The standard InChI is InChI=1S/C11H22N4O/c1-10(16)5-12-7-14-6-11-3-2-4-15(11)9-13-8-14/h11-13H,2-9H2,1H3. The highest BCUT2D eigenvalue weighted by Gasteiger charge is 2.28. The van der Waals surface area contributed by atoms with Crippen molar-refractivity contribution >= 4 is 5.78 Å². The third-order valence-electron chi connectivity index (χ3n) is 3.33. The van der Waals surface area contributed by atoms with Gasteiger partial charge in [0.1, 0.15) is 5.78 Å². The Bertz CT molecular complexity index is 246. The lowest BCUT2D eigenvalue weighted by molar-refractivity contribution is -0.116. The number of ketones is 1. The summed E-state index contributed by atoms with van der Waals surface area (Å²) in [5, 5.41) is 6.61. The molecule has 5 nitrogen and oxygen atoms in total. The van der Waals surface area contributed by atoms with Crippen molar-refractivity contribution < 1.29 is 4.79 Å². The number of hydrogen-bond donors (Lipinski definition) is 2. The van der Waals surface area contributed by atoms with Gasteiger partial charge >= 0.3 is 0 Å². The summed E-state index contributed by atoms with van der Waals surface area (Å²) in [4.78, 5) is 15.7. The van der Waals surface area contributed by atoms with Crippen LogP contribution in [0.25, 0.3) is 0 Å². The predicted molar refractivity (Wildman–Crippen MR) is 62.9 cm³/mol. The van der Waals surface area contributed by atoms with Crippen LogP contribution < -0.4 is 10.6 Å². The van der Waals surface area contributed by atoms with Crippen molar-refractivity contribution in [3.05, 3.63) is 0 Å². The molecule has 1 unspecified atom stereocenters. The van der Waals surface area contributed by atoms with Gasteiger partial charge in [0, 0.05) is 25.9 Å². The first-order valence-electron chi connectivity index (χ1n) is 6.13. The smallest absolute Gasteiger partial charge is 0.143 e. The molecule has 2 saturated heterocycles. The van der Waals surface area contributed by atoms with Gasteiger partial charge in [0.2, 0.25) is 0 Å². The van der Waals surface area contributed by atoms with Crippen LogP contribution in [0.15, 0.2) is 0 Å². The van der Waals surface area contributed by atoms with Crippen LogP contribution in [0, 0.1) is 0 Å². The molecule has 5 heteroatoms. The van der Waals surface area contributed by atoms with E-state index >= 15 is 0 Å². The molecule has 0 aliphatic carbocycles. The fourth-order valence-corrected chi connectivity index (χ4v) is 2.53. The Morgan fingerprint density at radius 1 is 1.50 bits per heavy atom. The predicted octanol–water partition coefficient (Wildman–Crippen LogP) is -0.593. The fourth-order valence-electron chi connectivity index (χ4n) is 2.53. The Labute approximate surface area is 97.2 Å². The topological polar surface area (TPSA) is 47.6 Å². The summed E-state index contributed by atoms with van der Waals surface area (Å²) in [5.74, 6) is 0.199. The minimum atomic E-state index is 0.199. The molecular weight excluding hydrogens is 204 g/mol. The van der Waals surface area contributed by atoms with E-state index in [0.29, 0.717) is 12.6 Å². The quantitative estimate of drug-likeness (QED) is 0.671. The van der Waals surface area contributed by atoms with Gasteiger partial charge in [-0.15, -0.1) is 0 Å². The van der Waals surface area contributed by atoms with Crippen molar-refractivity contribution in [2.24, 2.45) is 0 Å². The molecule has 1 atom stereocenters. The highest BCUT2D eigenvalue weighted by atomic mass is 16.1. The van der Waals surface area contributed by atoms with E-state index in [-0.39, 0.29) is 5.78 Å². The van der Waals surface area contributed by atoms with Crippen LogP contribution in [-0.2, 0) is 4.79 Å². The maximum absolute atomic E-state index is 10.8. The lowest BCUT2D eigenvalue weighted by Crippen LogP contribution is -2.42. The van der Waals surface area contributed by atoms with Crippen molar-refractivity contribution in [1.29, 1.82) is 0 Å². The van der Waals surface area contributed by atoms with Crippen molar-refractivity contribution in [2.75, 3.05) is 39.6 Å². The number of carbonyl (C=O) groups is 1. The zero-order valence-electron chi connectivity index (χ0n) is 10.0. The van der Waals surface area contributed by atoms with Crippen molar-refractivity contribution in [1.82, 2.24) is 20.4 Å². The lowest BCUT2D eigenvalue weighted by atomic mass is 10.2. The molecule has 2 heterocycles. The summed E-state index contributed by atoms with van der Waals surface area (Å²) in [7, 11) is 0. The minimum Gasteiger partial charge on any atom is -0.299 e. The second kappa shape index (κ2) is 5.72. The average molecular weight is 226 g/mol. The number of hydrogen-bond acceptors (Lipinski definition) is 5. The van der Waals surface area contributed by atoms with Gasteiger partial charge in [0.15, 0.2) is 0 Å². The third-order valence-corrected chi connectivity index (χ3v) is 3.33. The molecule has 2 aliphatic rings. The van der Waals surface area contributed by atoms with Crippen LogP contribution in [0.3, 0.4) is 0 Å². The summed E-state index contributed by atoms with van der Waals surface area (Å²) >= 11 is 0. The average Bonchev–Trinajstić information content (AvgIpc) is 2.57. The molecule has 0 amide bonds. The third kappa shape index (κ3) is 3.25. The molecule has 2 aliphatic heterocycles. The van der Waals surface area contributed by atoms with E-state index in [2.05, 4.69) is 20.4 Å². The minimum absolute atomic E-state index is 0.199. The highest BCUT2D eigenvalue weighted by molar-refractivity contribution is 5.77. The molecule has 0 aromatic heterocycles. The van der Waals surface area contributed by atoms with Crippen LogP contribution >= 0.6 is 0 Å². The summed E-state index contributed by atoms with van der Waals surface area (Å²) in [5.41, 5.74) is 0. The van der Waals surface area contributed by atoms with E-state index in [1.807, 2.05) is 0 Å². The van der Waals surface area contributed by atoms with Crippen molar-refractivity contribution in [3.63, 3.8) is 0 Å². The first-order valence-corrected chi connectivity index (χ1v) is 6.13. The summed E-state index contributed by atoms with van der Waals surface area (Å²) in [6.07, 6.45) is 2.63. The SMILES string of the molecule is CC(=O)CNCN1CNCN2CCCC2C1. The monoisotopic (exact) mass is 226 g/mol. The second-order valence-corrected chi connectivity index (χ2v) is 4.81. The van der Waals surface area contributed by atoms with Crippen molar-refractivity contribution in [2.45, 2.75) is 25.8 Å². The summed E-state index contributed by atoms with van der Waals surface area (Å²) in [6.45, 7) is 7.16. The number of nitrogens with zero attached hydrogens (tertiary/aromatic N) is 2. The Balaban J connectivity index is 1.75. The molecule has 0 bridgehead atoms. The van der Waals surface area contributed by atoms with Gasteiger partial charge in [-0.05, 0) is 26.3 Å². The van der Waals surface area contributed by atoms with Gasteiger partial charge in [-0.25, -0.2) is 0 Å². The molecule has 0 saturated carbocycles. The van der Waals surface area contributed by atoms with Gasteiger partial charge in [-0.3, -0.25) is 25.2 Å². The molecular formula is C11H22N4O. The van der Waals surface area contributed by atoms with Crippen LogP contribution in [0.5, 0.6) is 0 Å². The van der Waals surface area contributed by atoms with E-state index in [0.717, 1.165) is 26.6 Å². The fraction of sp³-hybridized carbons (Fsp3) is 0.909. The van der Waals surface area contributed by atoms with Crippen LogP contribution in [-0.4, -0.2) is 61.3 Å². The molecule has 92 valence electrons. The number of rotatable bonds is 4. The molecule has 0 aromatic rings. The Morgan fingerprint density at radius 3 is 3.19 bits per heavy atom. The molecule has 2 fully saturated rings. The van der Waals surface area contributed by atoms with E-state index in [9.17, 15) is 4.79 Å². The van der Waals surface area contributed by atoms with Gasteiger partial charge in [0.25, 0.3) is 0 Å². The molecule has 16 heavy (non-hydrogen) atoms. The summed E-state index contributed by atoms with van der Waals surface area (Å²) in [6, 6.07) is 0.703. The zero-order valence-corrected chi connectivity index (χ0v) is 10.0. The largest absolute Gasteiger partial charge is 0.299 e. The van der Waals surface area contributed by atoms with E-state index in [1.165, 1.54) is 19.4 Å². The molecule has 0 aromatic carbocycles. The van der Waals surface area contributed by atoms with Crippen molar-refractivity contribution in [3.8, 4) is 0 Å². The summed E-state index contributed by atoms with van der Waals surface area (Å²) < 4.78 is 0. The molecule has 2 rings (SSSR count). The number of Topliss-reactive ketones (excluding diaryl/α,β-unsaturated/α-hetero) is 1. The second-order valence-electron chi connectivity index (χ2n) is 4.81. The first-order chi connectivity index (χ1) is 7.75. The first kappa shape index (κ1) is 12.0. The van der Waals surface area contributed by atoms with Gasteiger partial charge in [-0.2, -0.15) is 0 Å². The maximum Gasteiger partial charge on any atom is 0.143 e. The maximum atomic E-state index is 10.8. The molecule has 2 N–H and O–H groups in total. The number of carbonyl (C=O) groups excluding carboxylic acids is 1. The van der Waals surface area contributed by atoms with Gasteiger partial charge in [0.05, 0.1) is 13.2 Å². The van der Waals surface area contributed by atoms with E-state index < -0.39 is 0 Å². The number of fused-ring (bicyclic) bond motifs is 1.